The molecule has 0 heterocycles. The van der Waals surface area contributed by atoms with Gasteiger partial charge in [-0.05, 0) is 69.6 Å². The molecule has 4 saturated carbocycles. The molecule has 0 radical (unpaired) electrons. The molecule has 0 N–H and O–H groups in total. The topological polar surface area (TPSA) is 35.5 Å². The standard InChI is InChI=1S/C16H24O3/c1-9(2)16(17)19-10(3)18-15-13-5-11-4-12(7-13)8-14(15)6-11/h10-15H,1,4-8H2,2-3H3. The van der Waals surface area contributed by atoms with Crippen LogP contribution in [0.15, 0.2) is 12.2 Å². The summed E-state index contributed by atoms with van der Waals surface area (Å²) in [7, 11) is 0. The van der Waals surface area contributed by atoms with Gasteiger partial charge in [0.2, 0.25) is 6.29 Å². The third-order valence-corrected chi connectivity index (χ3v) is 5.11. The summed E-state index contributed by atoms with van der Waals surface area (Å²) in [5.74, 6) is 2.92. The highest BCUT2D eigenvalue weighted by Gasteiger charge is 2.49. The molecule has 19 heavy (non-hydrogen) atoms. The van der Waals surface area contributed by atoms with E-state index in [0.29, 0.717) is 23.5 Å². The van der Waals surface area contributed by atoms with Gasteiger partial charge in [-0.15, -0.1) is 0 Å². The van der Waals surface area contributed by atoms with Crippen molar-refractivity contribution in [3.05, 3.63) is 12.2 Å². The molecule has 106 valence electrons. The lowest BCUT2D eigenvalue weighted by molar-refractivity contribution is -0.216. The van der Waals surface area contributed by atoms with Gasteiger partial charge in [0.15, 0.2) is 0 Å². The Kier molecular flexibility index (Phi) is 3.42. The zero-order chi connectivity index (χ0) is 13.6. The van der Waals surface area contributed by atoms with E-state index in [9.17, 15) is 4.79 Å². The molecule has 0 saturated heterocycles. The van der Waals surface area contributed by atoms with Crippen LogP contribution < -0.4 is 0 Å². The van der Waals surface area contributed by atoms with Crippen LogP contribution in [0.4, 0.5) is 0 Å². The van der Waals surface area contributed by atoms with Gasteiger partial charge in [-0.1, -0.05) is 6.58 Å². The molecular formula is C16H24O3. The lowest BCUT2D eigenvalue weighted by Gasteiger charge is -2.54. The van der Waals surface area contributed by atoms with Gasteiger partial charge >= 0.3 is 5.97 Å². The van der Waals surface area contributed by atoms with Crippen molar-refractivity contribution in [1.82, 2.24) is 0 Å². The Morgan fingerprint density at radius 2 is 1.63 bits per heavy atom. The number of rotatable bonds is 4. The van der Waals surface area contributed by atoms with Crippen LogP contribution in [0.3, 0.4) is 0 Å². The summed E-state index contributed by atoms with van der Waals surface area (Å²) < 4.78 is 11.3. The summed E-state index contributed by atoms with van der Waals surface area (Å²) >= 11 is 0. The molecule has 4 aliphatic rings. The Hall–Kier alpha value is -0.830. The van der Waals surface area contributed by atoms with Crippen LogP contribution >= 0.6 is 0 Å². The fourth-order valence-corrected chi connectivity index (χ4v) is 4.60. The van der Waals surface area contributed by atoms with Gasteiger partial charge in [-0.3, -0.25) is 0 Å². The predicted octanol–water partition coefficient (Wildman–Crippen LogP) is 3.29. The van der Waals surface area contributed by atoms with Crippen molar-refractivity contribution >= 4 is 5.97 Å². The SMILES string of the molecule is C=C(C)C(=O)OC(C)OC1C2CC3CC(C2)CC1C3. The molecule has 0 aromatic heterocycles. The Balaban J connectivity index is 1.58. The maximum Gasteiger partial charge on any atom is 0.335 e. The van der Waals surface area contributed by atoms with Gasteiger partial charge in [-0.2, -0.15) is 0 Å². The van der Waals surface area contributed by atoms with Crippen LogP contribution in [0.2, 0.25) is 0 Å². The van der Waals surface area contributed by atoms with Crippen LogP contribution in [0.1, 0.15) is 46.0 Å². The second kappa shape index (κ2) is 4.93. The zero-order valence-electron chi connectivity index (χ0n) is 11.9. The molecule has 4 fully saturated rings. The van der Waals surface area contributed by atoms with Gasteiger partial charge in [-0.25, -0.2) is 4.79 Å². The maximum absolute atomic E-state index is 11.5. The number of esters is 1. The van der Waals surface area contributed by atoms with Gasteiger partial charge in [0.25, 0.3) is 0 Å². The van der Waals surface area contributed by atoms with Gasteiger partial charge in [0.1, 0.15) is 0 Å². The lowest BCUT2D eigenvalue weighted by Crippen LogP contribution is -2.50. The minimum Gasteiger partial charge on any atom is -0.433 e. The smallest absolute Gasteiger partial charge is 0.335 e. The van der Waals surface area contributed by atoms with Crippen molar-refractivity contribution in [3.63, 3.8) is 0 Å². The minimum atomic E-state index is -0.452. The first kappa shape index (κ1) is 13.2. The number of carbonyl (C=O) groups excluding carboxylic acids is 1. The summed E-state index contributed by atoms with van der Waals surface area (Å²) in [5, 5.41) is 0. The van der Waals surface area contributed by atoms with Gasteiger partial charge in [0, 0.05) is 5.57 Å². The van der Waals surface area contributed by atoms with Gasteiger partial charge in [0.05, 0.1) is 6.10 Å². The Morgan fingerprint density at radius 1 is 1.11 bits per heavy atom. The van der Waals surface area contributed by atoms with Crippen molar-refractivity contribution in [2.75, 3.05) is 0 Å². The largest absolute Gasteiger partial charge is 0.433 e. The monoisotopic (exact) mass is 264 g/mol. The Bertz CT molecular complexity index is 359. The molecule has 4 bridgehead atoms. The molecule has 0 aromatic carbocycles. The quantitative estimate of drug-likeness (QED) is 0.444. The summed E-state index contributed by atoms with van der Waals surface area (Å²) in [6, 6.07) is 0. The fraction of sp³-hybridized carbons (Fsp3) is 0.812. The molecule has 3 nitrogen and oxygen atoms in total. The molecule has 1 unspecified atom stereocenters. The van der Waals surface area contributed by atoms with Crippen LogP contribution in [0.5, 0.6) is 0 Å². The van der Waals surface area contributed by atoms with E-state index in [2.05, 4.69) is 6.58 Å². The number of carbonyl (C=O) groups is 1. The van der Waals surface area contributed by atoms with Crippen LogP contribution in [0, 0.1) is 23.7 Å². The predicted molar refractivity (Wildman–Crippen MR) is 72.3 cm³/mol. The molecular weight excluding hydrogens is 240 g/mol. The van der Waals surface area contributed by atoms with Crippen molar-refractivity contribution in [3.8, 4) is 0 Å². The van der Waals surface area contributed by atoms with Crippen molar-refractivity contribution in [1.29, 1.82) is 0 Å². The van der Waals surface area contributed by atoms with E-state index in [1.165, 1.54) is 32.1 Å². The van der Waals surface area contributed by atoms with Crippen molar-refractivity contribution in [2.45, 2.75) is 58.3 Å². The van der Waals surface area contributed by atoms with Crippen LogP contribution in [-0.4, -0.2) is 18.4 Å². The number of hydrogen-bond acceptors (Lipinski definition) is 3. The van der Waals surface area contributed by atoms with Gasteiger partial charge < -0.3 is 9.47 Å². The lowest BCUT2D eigenvalue weighted by atomic mass is 9.55. The van der Waals surface area contributed by atoms with Crippen LogP contribution in [-0.2, 0) is 14.3 Å². The van der Waals surface area contributed by atoms with E-state index in [1.807, 2.05) is 6.92 Å². The highest BCUT2D eigenvalue weighted by molar-refractivity contribution is 5.86. The molecule has 4 aliphatic carbocycles. The molecule has 3 heteroatoms. The van der Waals surface area contributed by atoms with E-state index in [4.69, 9.17) is 9.47 Å². The minimum absolute atomic E-state index is 0.306. The average Bonchev–Trinajstić information content (AvgIpc) is 2.32. The summed E-state index contributed by atoms with van der Waals surface area (Å²) in [6.07, 6.45) is 6.57. The van der Waals surface area contributed by atoms with Crippen molar-refractivity contribution < 1.29 is 14.3 Å². The molecule has 0 aromatic rings. The zero-order valence-corrected chi connectivity index (χ0v) is 11.9. The fourth-order valence-electron chi connectivity index (χ4n) is 4.60. The molecule has 0 spiro atoms. The van der Waals surface area contributed by atoms with E-state index in [0.717, 1.165) is 11.8 Å². The highest BCUT2D eigenvalue weighted by Crippen LogP contribution is 2.54. The molecule has 1 atom stereocenters. The first-order valence-corrected chi connectivity index (χ1v) is 7.55. The number of hydrogen-bond donors (Lipinski definition) is 0. The number of ether oxygens (including phenoxy) is 2. The summed E-state index contributed by atoms with van der Waals surface area (Å²) in [5.41, 5.74) is 0.431. The molecule has 0 aliphatic heterocycles. The normalized spacial score (nSPS) is 41.1. The third-order valence-electron chi connectivity index (χ3n) is 5.11. The van der Waals surface area contributed by atoms with E-state index >= 15 is 0 Å². The second-order valence-electron chi connectivity index (χ2n) is 6.78. The van der Waals surface area contributed by atoms with E-state index in [-0.39, 0.29) is 5.97 Å². The average molecular weight is 264 g/mol. The summed E-state index contributed by atoms with van der Waals surface area (Å²) in [4.78, 5) is 11.5. The van der Waals surface area contributed by atoms with Crippen molar-refractivity contribution in [2.24, 2.45) is 23.7 Å². The van der Waals surface area contributed by atoms with E-state index in [1.54, 1.807) is 6.92 Å². The van der Waals surface area contributed by atoms with Crippen LogP contribution in [0.25, 0.3) is 0 Å². The first-order valence-electron chi connectivity index (χ1n) is 7.55. The molecule has 4 rings (SSSR count). The highest BCUT2D eigenvalue weighted by atomic mass is 16.7. The van der Waals surface area contributed by atoms with E-state index < -0.39 is 6.29 Å². The maximum atomic E-state index is 11.5. The Morgan fingerprint density at radius 3 is 2.11 bits per heavy atom. The second-order valence-corrected chi connectivity index (χ2v) is 6.78. The Labute approximate surface area is 115 Å². The molecule has 0 amide bonds. The third kappa shape index (κ3) is 2.58. The summed E-state index contributed by atoms with van der Waals surface area (Å²) in [6.45, 7) is 7.09. The first-order chi connectivity index (χ1) is 9.02.